The second kappa shape index (κ2) is 12.4. The van der Waals surface area contributed by atoms with Gasteiger partial charge in [-0.05, 0) is 62.2 Å². The third kappa shape index (κ3) is 7.97. The molecule has 0 fully saturated rings. The SMILES string of the molecule is CC[C@@H](C)NC(=O)[C@@H](C)N(Cc1cccc(Br)c1)C(=O)CCSc1ccc(Cl)cc1. The Labute approximate surface area is 196 Å². The number of rotatable bonds is 10. The quantitative estimate of drug-likeness (QED) is 0.403. The highest BCUT2D eigenvalue weighted by Gasteiger charge is 2.26. The molecule has 7 heteroatoms. The Morgan fingerprint density at radius 2 is 1.87 bits per heavy atom. The van der Waals surface area contributed by atoms with Gasteiger partial charge in [0.1, 0.15) is 6.04 Å². The predicted octanol–water partition coefficient (Wildman–Crippen LogP) is 5.92. The van der Waals surface area contributed by atoms with Gasteiger partial charge < -0.3 is 10.2 Å². The fraction of sp³-hybridized carbons (Fsp3) is 0.391. The number of carbonyl (C=O) groups is 2. The molecular weight excluding hydrogens is 484 g/mol. The van der Waals surface area contributed by atoms with E-state index in [-0.39, 0.29) is 17.9 Å². The zero-order valence-electron chi connectivity index (χ0n) is 17.5. The molecule has 0 aliphatic rings. The van der Waals surface area contributed by atoms with Gasteiger partial charge in [-0.15, -0.1) is 11.8 Å². The van der Waals surface area contributed by atoms with Gasteiger partial charge in [0.05, 0.1) is 0 Å². The standard InChI is InChI=1S/C23H28BrClN2O2S/c1-4-16(2)26-23(29)17(3)27(15-18-6-5-7-19(24)14-18)22(28)12-13-30-21-10-8-20(25)9-11-21/h5-11,14,16-17H,4,12-13,15H2,1-3H3,(H,26,29)/t16-,17-/m1/s1. The van der Waals surface area contributed by atoms with Crippen molar-refractivity contribution in [2.75, 3.05) is 5.75 Å². The highest BCUT2D eigenvalue weighted by atomic mass is 79.9. The highest BCUT2D eigenvalue weighted by Crippen LogP contribution is 2.22. The van der Waals surface area contributed by atoms with E-state index in [1.54, 1.807) is 23.6 Å². The summed E-state index contributed by atoms with van der Waals surface area (Å²) < 4.78 is 0.947. The van der Waals surface area contributed by atoms with Crippen LogP contribution in [-0.2, 0) is 16.1 Å². The Morgan fingerprint density at radius 1 is 1.17 bits per heavy atom. The molecule has 2 aromatic rings. The van der Waals surface area contributed by atoms with Gasteiger partial charge in [0.25, 0.3) is 0 Å². The Morgan fingerprint density at radius 3 is 2.50 bits per heavy atom. The smallest absolute Gasteiger partial charge is 0.242 e. The van der Waals surface area contributed by atoms with Crippen LogP contribution in [0.4, 0.5) is 0 Å². The number of thioether (sulfide) groups is 1. The van der Waals surface area contributed by atoms with Crippen LogP contribution in [0.15, 0.2) is 57.9 Å². The summed E-state index contributed by atoms with van der Waals surface area (Å²) in [5.41, 5.74) is 0.978. The second-order valence-electron chi connectivity index (χ2n) is 7.20. The number of halogens is 2. The number of benzene rings is 2. The molecule has 0 bridgehead atoms. The molecule has 0 radical (unpaired) electrons. The van der Waals surface area contributed by atoms with Crippen molar-refractivity contribution in [1.82, 2.24) is 10.2 Å². The van der Waals surface area contributed by atoms with E-state index in [9.17, 15) is 9.59 Å². The molecule has 2 atom stereocenters. The van der Waals surface area contributed by atoms with Crippen LogP contribution in [-0.4, -0.2) is 34.6 Å². The van der Waals surface area contributed by atoms with Gasteiger partial charge in [-0.1, -0.05) is 46.6 Å². The molecule has 2 aromatic carbocycles. The number of hydrogen-bond donors (Lipinski definition) is 1. The van der Waals surface area contributed by atoms with E-state index in [1.807, 2.05) is 62.4 Å². The van der Waals surface area contributed by atoms with E-state index < -0.39 is 6.04 Å². The molecule has 2 rings (SSSR count). The Bertz CT molecular complexity index is 847. The van der Waals surface area contributed by atoms with Crippen molar-refractivity contribution in [3.05, 3.63) is 63.6 Å². The van der Waals surface area contributed by atoms with Crippen LogP contribution >= 0.6 is 39.3 Å². The molecule has 162 valence electrons. The Hall–Kier alpha value is -1.50. The third-order valence-electron chi connectivity index (χ3n) is 4.81. The average molecular weight is 512 g/mol. The van der Waals surface area contributed by atoms with E-state index in [0.717, 1.165) is 21.4 Å². The summed E-state index contributed by atoms with van der Waals surface area (Å²) in [6.07, 6.45) is 1.19. The summed E-state index contributed by atoms with van der Waals surface area (Å²) in [5.74, 6) is 0.469. The van der Waals surface area contributed by atoms with E-state index >= 15 is 0 Å². The minimum absolute atomic E-state index is 0.0387. The van der Waals surface area contributed by atoms with Crippen molar-refractivity contribution in [3.8, 4) is 0 Å². The van der Waals surface area contributed by atoms with Gasteiger partial charge in [0.15, 0.2) is 0 Å². The summed E-state index contributed by atoms with van der Waals surface area (Å²) >= 11 is 11.0. The summed E-state index contributed by atoms with van der Waals surface area (Å²) in [4.78, 5) is 28.5. The van der Waals surface area contributed by atoms with Crippen molar-refractivity contribution in [1.29, 1.82) is 0 Å². The van der Waals surface area contributed by atoms with Crippen LogP contribution in [0.2, 0.25) is 5.02 Å². The molecular formula is C23H28BrClN2O2S. The van der Waals surface area contributed by atoms with Crippen LogP contribution < -0.4 is 5.32 Å². The van der Waals surface area contributed by atoms with E-state index in [4.69, 9.17) is 11.6 Å². The molecule has 0 saturated carbocycles. The maximum Gasteiger partial charge on any atom is 0.242 e. The molecule has 0 heterocycles. The van der Waals surface area contributed by atoms with Crippen molar-refractivity contribution in [3.63, 3.8) is 0 Å². The van der Waals surface area contributed by atoms with E-state index in [0.29, 0.717) is 23.7 Å². The van der Waals surface area contributed by atoms with Crippen LogP contribution in [0.5, 0.6) is 0 Å². The largest absolute Gasteiger partial charge is 0.352 e. The van der Waals surface area contributed by atoms with Crippen molar-refractivity contribution < 1.29 is 9.59 Å². The van der Waals surface area contributed by atoms with E-state index in [1.165, 1.54) is 0 Å². The van der Waals surface area contributed by atoms with Crippen LogP contribution in [0.3, 0.4) is 0 Å². The van der Waals surface area contributed by atoms with Crippen LogP contribution in [0, 0.1) is 0 Å². The molecule has 0 aliphatic carbocycles. The van der Waals surface area contributed by atoms with Crippen molar-refractivity contribution in [2.45, 2.75) is 57.1 Å². The maximum absolute atomic E-state index is 13.1. The van der Waals surface area contributed by atoms with Gasteiger partial charge in [-0.2, -0.15) is 0 Å². The Kier molecular flexibility index (Phi) is 10.2. The first-order chi connectivity index (χ1) is 14.3. The second-order valence-corrected chi connectivity index (χ2v) is 9.72. The predicted molar refractivity (Wildman–Crippen MR) is 129 cm³/mol. The zero-order chi connectivity index (χ0) is 22.1. The average Bonchev–Trinajstić information content (AvgIpc) is 2.72. The van der Waals surface area contributed by atoms with Crippen molar-refractivity contribution >= 4 is 51.1 Å². The number of nitrogens with one attached hydrogen (secondary N) is 1. The first-order valence-corrected chi connectivity index (χ1v) is 12.2. The van der Waals surface area contributed by atoms with Gasteiger partial charge in [0.2, 0.25) is 11.8 Å². The van der Waals surface area contributed by atoms with Crippen LogP contribution in [0.25, 0.3) is 0 Å². The monoisotopic (exact) mass is 510 g/mol. The number of hydrogen-bond acceptors (Lipinski definition) is 3. The maximum atomic E-state index is 13.1. The zero-order valence-corrected chi connectivity index (χ0v) is 20.7. The number of carbonyl (C=O) groups excluding carboxylic acids is 2. The molecule has 0 aliphatic heterocycles. The van der Waals surface area contributed by atoms with E-state index in [2.05, 4.69) is 21.2 Å². The summed E-state index contributed by atoms with van der Waals surface area (Å²) in [6, 6.07) is 14.9. The molecule has 0 saturated heterocycles. The lowest BCUT2D eigenvalue weighted by Gasteiger charge is -2.29. The first kappa shape index (κ1) is 24.8. The topological polar surface area (TPSA) is 49.4 Å². The number of amides is 2. The molecule has 2 amide bonds. The normalized spacial score (nSPS) is 12.8. The summed E-state index contributed by atoms with van der Waals surface area (Å²) in [6.45, 7) is 6.17. The van der Waals surface area contributed by atoms with Crippen molar-refractivity contribution in [2.24, 2.45) is 0 Å². The fourth-order valence-corrected chi connectivity index (χ4v) is 4.22. The van der Waals surface area contributed by atoms with Crippen LogP contribution in [0.1, 0.15) is 39.2 Å². The summed E-state index contributed by atoms with van der Waals surface area (Å²) in [7, 11) is 0. The highest BCUT2D eigenvalue weighted by molar-refractivity contribution is 9.10. The lowest BCUT2D eigenvalue weighted by Crippen LogP contribution is -2.49. The minimum Gasteiger partial charge on any atom is -0.352 e. The first-order valence-electron chi connectivity index (χ1n) is 10.0. The van der Waals surface area contributed by atoms with Gasteiger partial charge >= 0.3 is 0 Å². The molecule has 0 spiro atoms. The van der Waals surface area contributed by atoms with Gasteiger partial charge in [-0.25, -0.2) is 0 Å². The van der Waals surface area contributed by atoms with Gasteiger partial charge in [-0.3, -0.25) is 9.59 Å². The lowest BCUT2D eigenvalue weighted by atomic mass is 10.1. The number of nitrogens with zero attached hydrogens (tertiary/aromatic N) is 1. The molecule has 0 unspecified atom stereocenters. The fourth-order valence-electron chi connectivity index (χ4n) is 2.81. The molecule has 1 N–H and O–H groups in total. The molecule has 0 aromatic heterocycles. The minimum atomic E-state index is -0.550. The molecule has 4 nitrogen and oxygen atoms in total. The summed E-state index contributed by atoms with van der Waals surface area (Å²) in [5, 5.41) is 3.68. The van der Waals surface area contributed by atoms with Gasteiger partial charge in [0, 0.05) is 39.2 Å². The Balaban J connectivity index is 2.07. The molecule has 30 heavy (non-hydrogen) atoms. The lowest BCUT2D eigenvalue weighted by molar-refractivity contribution is -0.140. The third-order valence-corrected chi connectivity index (χ3v) is 6.57.